The van der Waals surface area contributed by atoms with Crippen molar-refractivity contribution in [3.05, 3.63) is 76.8 Å². The van der Waals surface area contributed by atoms with E-state index in [2.05, 4.69) is 9.97 Å². The maximum Gasteiger partial charge on any atom is 0.260 e. The molecular weight excluding hydrogens is 400 g/mol. The summed E-state index contributed by atoms with van der Waals surface area (Å²) in [7, 11) is 0. The molecule has 2 aromatic heterocycles. The zero-order valence-electron chi connectivity index (χ0n) is 15.9. The molecule has 30 heavy (non-hydrogen) atoms. The fourth-order valence-electron chi connectivity index (χ4n) is 3.58. The Morgan fingerprint density at radius 2 is 1.97 bits per heavy atom. The van der Waals surface area contributed by atoms with Crippen molar-refractivity contribution < 1.29 is 9.53 Å². The van der Waals surface area contributed by atoms with Gasteiger partial charge in [-0.25, -0.2) is 4.98 Å². The van der Waals surface area contributed by atoms with Crippen LogP contribution in [0.2, 0.25) is 0 Å². The Morgan fingerprint density at radius 3 is 2.77 bits per heavy atom. The fraction of sp³-hybridized carbons (Fsp3) is 0.136. The molecule has 0 saturated heterocycles. The number of ether oxygens (including phenoxy) is 1. The summed E-state index contributed by atoms with van der Waals surface area (Å²) in [5.41, 5.74) is 7.17. The minimum Gasteiger partial charge on any atom is -0.477 e. The summed E-state index contributed by atoms with van der Waals surface area (Å²) in [6.07, 6.45) is -0.762. The number of aromatic nitrogens is 2. The second-order valence-corrected chi connectivity index (χ2v) is 8.10. The van der Waals surface area contributed by atoms with Crippen LogP contribution in [-0.2, 0) is 11.3 Å². The Balaban J connectivity index is 1.51. The predicted octanol–water partition coefficient (Wildman–Crippen LogP) is 2.90. The number of nitrogens with two attached hydrogens (primary N) is 1. The number of nitrogens with zero attached hydrogens (tertiary/aromatic N) is 2. The van der Waals surface area contributed by atoms with E-state index in [1.165, 1.54) is 11.3 Å². The van der Waals surface area contributed by atoms with E-state index in [1.807, 2.05) is 59.5 Å². The molecule has 3 N–H and O–H groups in total. The number of carbonyl (C=O) groups is 1. The summed E-state index contributed by atoms with van der Waals surface area (Å²) in [5, 5.41) is 0.569. The third-order valence-electron chi connectivity index (χ3n) is 5.03. The number of thiophene rings is 1. The van der Waals surface area contributed by atoms with Crippen LogP contribution in [0.1, 0.15) is 5.82 Å². The van der Waals surface area contributed by atoms with Crippen molar-refractivity contribution in [1.82, 2.24) is 9.97 Å². The third-order valence-corrected chi connectivity index (χ3v) is 6.11. The first-order valence-corrected chi connectivity index (χ1v) is 10.3. The molecule has 2 aromatic carbocycles. The largest absolute Gasteiger partial charge is 0.477 e. The van der Waals surface area contributed by atoms with Gasteiger partial charge in [0.15, 0.2) is 6.10 Å². The minimum absolute atomic E-state index is 0.179. The van der Waals surface area contributed by atoms with Crippen LogP contribution in [-0.4, -0.2) is 28.5 Å². The molecule has 0 fully saturated rings. The normalized spacial score (nSPS) is 15.6. The molecule has 5 rings (SSSR count). The number of primary amides is 1. The van der Waals surface area contributed by atoms with Crippen molar-refractivity contribution in [2.75, 3.05) is 11.4 Å². The molecule has 0 spiro atoms. The van der Waals surface area contributed by atoms with Gasteiger partial charge in [-0.15, -0.1) is 11.3 Å². The molecule has 0 bridgehead atoms. The molecule has 1 aliphatic rings. The van der Waals surface area contributed by atoms with Crippen molar-refractivity contribution in [2.24, 2.45) is 5.73 Å². The van der Waals surface area contributed by atoms with Crippen molar-refractivity contribution in [2.45, 2.75) is 12.6 Å². The van der Waals surface area contributed by atoms with Crippen molar-refractivity contribution in [1.29, 1.82) is 0 Å². The summed E-state index contributed by atoms with van der Waals surface area (Å²) in [6.45, 7) is 0.613. The zero-order chi connectivity index (χ0) is 20.7. The summed E-state index contributed by atoms with van der Waals surface area (Å²) >= 11 is 1.48. The maximum absolute atomic E-state index is 12.7. The van der Waals surface area contributed by atoms with Crippen molar-refractivity contribution >= 4 is 33.1 Å². The Morgan fingerprint density at radius 1 is 1.20 bits per heavy atom. The summed E-state index contributed by atoms with van der Waals surface area (Å²) < 4.78 is 5.70. The molecule has 1 aliphatic heterocycles. The van der Waals surface area contributed by atoms with Crippen LogP contribution < -0.4 is 20.9 Å². The van der Waals surface area contributed by atoms with Gasteiger partial charge < -0.3 is 20.4 Å². The monoisotopic (exact) mass is 418 g/mol. The molecule has 7 nitrogen and oxygen atoms in total. The Kier molecular flexibility index (Phi) is 4.48. The molecule has 1 atom stereocenters. The van der Waals surface area contributed by atoms with Crippen LogP contribution in [0.5, 0.6) is 5.75 Å². The number of para-hydroxylation sites is 2. The Labute approximate surface area is 175 Å². The van der Waals surface area contributed by atoms with Gasteiger partial charge in [0.05, 0.1) is 24.2 Å². The van der Waals surface area contributed by atoms with Crippen molar-refractivity contribution in [3.8, 4) is 16.2 Å². The first-order chi connectivity index (χ1) is 14.6. The number of fused-ring (bicyclic) bond motifs is 2. The molecule has 1 unspecified atom stereocenters. The van der Waals surface area contributed by atoms with Gasteiger partial charge in [-0.2, -0.15) is 0 Å². The highest BCUT2D eigenvalue weighted by molar-refractivity contribution is 7.21. The van der Waals surface area contributed by atoms with Crippen LogP contribution >= 0.6 is 11.3 Å². The lowest BCUT2D eigenvalue weighted by Crippen LogP contribution is -2.47. The lowest BCUT2D eigenvalue weighted by Gasteiger charge is -2.34. The van der Waals surface area contributed by atoms with E-state index in [-0.39, 0.29) is 12.1 Å². The number of rotatable bonds is 4. The quantitative estimate of drug-likeness (QED) is 0.531. The number of hydrogen-bond donors (Lipinski definition) is 2. The molecule has 150 valence electrons. The summed E-state index contributed by atoms with van der Waals surface area (Å²) in [4.78, 5) is 35.6. The number of nitrogens with one attached hydrogen (secondary N) is 1. The second kappa shape index (κ2) is 7.31. The number of hydrogen-bond acceptors (Lipinski definition) is 6. The van der Waals surface area contributed by atoms with Gasteiger partial charge in [0, 0.05) is 4.88 Å². The van der Waals surface area contributed by atoms with Gasteiger partial charge in [0.25, 0.3) is 11.5 Å². The van der Waals surface area contributed by atoms with E-state index in [1.54, 1.807) is 6.07 Å². The van der Waals surface area contributed by atoms with Gasteiger partial charge in [0.1, 0.15) is 16.4 Å². The fourth-order valence-corrected chi connectivity index (χ4v) is 4.64. The van der Waals surface area contributed by atoms with E-state index in [0.29, 0.717) is 28.3 Å². The van der Waals surface area contributed by atoms with Crippen molar-refractivity contribution in [3.63, 3.8) is 0 Å². The molecule has 8 heteroatoms. The zero-order valence-corrected chi connectivity index (χ0v) is 16.7. The average molecular weight is 418 g/mol. The topological polar surface area (TPSA) is 101 Å². The van der Waals surface area contributed by atoms with Gasteiger partial charge in [0.2, 0.25) is 0 Å². The van der Waals surface area contributed by atoms with E-state index in [0.717, 1.165) is 16.1 Å². The average Bonchev–Trinajstić information content (AvgIpc) is 3.19. The standard InChI is InChI=1S/C22H18N4O3S/c23-20(27)17-11-26(15-8-4-5-9-16(15)29-17)12-19-24-21(28)14-10-18(30-22(14)25-19)13-6-2-1-3-7-13/h1-10,17H,11-12H2,(H2,23,27)(H,24,25,28). The number of aromatic amines is 1. The van der Waals surface area contributed by atoms with Gasteiger partial charge >= 0.3 is 0 Å². The van der Waals surface area contributed by atoms with E-state index in [9.17, 15) is 9.59 Å². The van der Waals surface area contributed by atoms with Crippen LogP contribution in [0.25, 0.3) is 20.7 Å². The molecule has 0 radical (unpaired) electrons. The molecule has 0 saturated carbocycles. The third kappa shape index (κ3) is 3.31. The van der Waals surface area contributed by atoms with Gasteiger partial charge in [-0.05, 0) is 23.8 Å². The Bertz CT molecular complexity index is 1300. The van der Waals surface area contributed by atoms with Crippen LogP contribution in [0.3, 0.4) is 0 Å². The number of anilines is 1. The van der Waals surface area contributed by atoms with E-state index < -0.39 is 12.0 Å². The molecule has 0 aliphatic carbocycles. The SMILES string of the molecule is NC(=O)C1CN(Cc2nc3sc(-c4ccccc4)cc3c(=O)[nH]2)c2ccccc2O1. The highest BCUT2D eigenvalue weighted by Gasteiger charge is 2.29. The van der Waals surface area contributed by atoms with Gasteiger partial charge in [-0.1, -0.05) is 42.5 Å². The lowest BCUT2D eigenvalue weighted by molar-refractivity contribution is -0.124. The summed E-state index contributed by atoms with van der Waals surface area (Å²) in [6, 6.07) is 19.2. The number of carbonyl (C=O) groups excluding carboxylic acids is 1. The second-order valence-electron chi connectivity index (χ2n) is 7.07. The van der Waals surface area contributed by atoms with Gasteiger partial charge in [-0.3, -0.25) is 9.59 Å². The van der Waals surface area contributed by atoms with E-state index in [4.69, 9.17) is 10.5 Å². The Hall–Kier alpha value is -3.65. The first-order valence-electron chi connectivity index (χ1n) is 9.46. The highest BCUT2D eigenvalue weighted by atomic mass is 32.1. The van der Waals surface area contributed by atoms with E-state index >= 15 is 0 Å². The summed E-state index contributed by atoms with van der Waals surface area (Å²) in [5.74, 6) is 0.574. The predicted molar refractivity (Wildman–Crippen MR) is 117 cm³/mol. The molecular formula is C22H18N4O3S. The lowest BCUT2D eigenvalue weighted by atomic mass is 10.1. The number of amides is 1. The van der Waals surface area contributed by atoms with Crippen LogP contribution in [0, 0.1) is 0 Å². The minimum atomic E-state index is -0.762. The number of H-pyrrole nitrogens is 1. The maximum atomic E-state index is 12.7. The molecule has 4 aromatic rings. The van der Waals surface area contributed by atoms with Crippen LogP contribution in [0.4, 0.5) is 5.69 Å². The molecule has 1 amide bonds. The number of benzene rings is 2. The van der Waals surface area contributed by atoms with Crippen LogP contribution in [0.15, 0.2) is 65.5 Å². The highest BCUT2D eigenvalue weighted by Crippen LogP contribution is 2.34. The first kappa shape index (κ1) is 18.4. The molecule has 3 heterocycles. The smallest absolute Gasteiger partial charge is 0.260 e.